The van der Waals surface area contributed by atoms with Crippen LogP contribution in [0.1, 0.15) is 0 Å². The Bertz CT molecular complexity index is 727. The lowest BCUT2D eigenvalue weighted by atomic mass is 10.3. The highest BCUT2D eigenvalue weighted by Gasteiger charge is 2.15. The van der Waals surface area contributed by atoms with Crippen LogP contribution in [0.3, 0.4) is 0 Å². The van der Waals surface area contributed by atoms with Crippen LogP contribution in [0, 0.1) is 10.1 Å². The predicted octanol–water partition coefficient (Wildman–Crippen LogP) is 3.16. The zero-order valence-corrected chi connectivity index (χ0v) is 12.4. The van der Waals surface area contributed by atoms with Crippen molar-refractivity contribution in [1.82, 2.24) is 0 Å². The molecule has 0 unspecified atom stereocenters. The van der Waals surface area contributed by atoms with Gasteiger partial charge in [0.15, 0.2) is 0 Å². The molecule has 0 aliphatic carbocycles. The summed E-state index contributed by atoms with van der Waals surface area (Å²) in [6.45, 7) is 0. The second kappa shape index (κ2) is 5.59. The maximum Gasteiger partial charge on any atom is 0.269 e. The van der Waals surface area contributed by atoms with Gasteiger partial charge in [-0.3, -0.25) is 14.8 Å². The number of sulfonamides is 1. The first kappa shape index (κ1) is 14.5. The van der Waals surface area contributed by atoms with Gasteiger partial charge in [0, 0.05) is 22.3 Å². The third kappa shape index (κ3) is 3.34. The minimum atomic E-state index is -3.76. The van der Waals surface area contributed by atoms with E-state index >= 15 is 0 Å². The van der Waals surface area contributed by atoms with Crippen LogP contribution in [0.5, 0.6) is 0 Å². The van der Waals surface area contributed by atoms with Gasteiger partial charge in [-0.15, -0.1) is 0 Å². The molecule has 104 valence electrons. The van der Waals surface area contributed by atoms with Crippen LogP contribution in [0.2, 0.25) is 0 Å². The molecule has 0 saturated heterocycles. The molecule has 6 nitrogen and oxygen atoms in total. The number of nitro benzene ring substituents is 1. The summed E-state index contributed by atoms with van der Waals surface area (Å²) in [5, 5.41) is 10.5. The van der Waals surface area contributed by atoms with Crippen molar-refractivity contribution >= 4 is 37.3 Å². The largest absolute Gasteiger partial charge is 0.280 e. The Hall–Kier alpha value is -1.93. The summed E-state index contributed by atoms with van der Waals surface area (Å²) in [5.41, 5.74) is 0.249. The Morgan fingerprint density at radius 2 is 1.55 bits per heavy atom. The van der Waals surface area contributed by atoms with E-state index in [1.165, 1.54) is 12.1 Å². The molecule has 2 aromatic rings. The molecule has 0 heterocycles. The molecule has 0 aromatic heterocycles. The van der Waals surface area contributed by atoms with Gasteiger partial charge >= 0.3 is 0 Å². The number of hydrogen-bond donors (Lipinski definition) is 1. The highest BCUT2D eigenvalue weighted by Crippen LogP contribution is 2.20. The van der Waals surface area contributed by atoms with Crippen LogP contribution >= 0.6 is 15.9 Å². The Morgan fingerprint density at radius 1 is 1.00 bits per heavy atom. The van der Waals surface area contributed by atoms with Crippen LogP contribution in [0.15, 0.2) is 57.9 Å². The van der Waals surface area contributed by atoms with Crippen molar-refractivity contribution in [1.29, 1.82) is 0 Å². The van der Waals surface area contributed by atoms with Crippen LogP contribution in [-0.4, -0.2) is 13.3 Å². The Balaban J connectivity index is 2.26. The number of hydrogen-bond acceptors (Lipinski definition) is 4. The van der Waals surface area contributed by atoms with Crippen molar-refractivity contribution in [2.24, 2.45) is 0 Å². The highest BCUT2D eigenvalue weighted by molar-refractivity contribution is 9.10. The monoisotopic (exact) mass is 356 g/mol. The molecular weight excluding hydrogens is 348 g/mol. The Kier molecular flexibility index (Phi) is 4.05. The summed E-state index contributed by atoms with van der Waals surface area (Å²) in [7, 11) is -3.76. The SMILES string of the molecule is O=[N+]([O-])c1ccc(S(=O)(=O)Nc2ccc(Br)cc2)cc1. The van der Waals surface area contributed by atoms with E-state index in [4.69, 9.17) is 0 Å². The lowest BCUT2D eigenvalue weighted by molar-refractivity contribution is -0.384. The molecule has 0 spiro atoms. The second-order valence-electron chi connectivity index (χ2n) is 3.86. The molecule has 0 atom stereocenters. The third-order valence-corrected chi connectivity index (χ3v) is 4.38. The smallest absolute Gasteiger partial charge is 0.269 e. The van der Waals surface area contributed by atoms with Crippen molar-refractivity contribution in [2.45, 2.75) is 4.90 Å². The molecule has 0 radical (unpaired) electrons. The molecule has 0 fully saturated rings. The lowest BCUT2D eigenvalue weighted by Gasteiger charge is -2.07. The van der Waals surface area contributed by atoms with Crippen LogP contribution in [0.4, 0.5) is 11.4 Å². The summed E-state index contributed by atoms with van der Waals surface area (Å²) < 4.78 is 27.4. The van der Waals surface area contributed by atoms with E-state index in [0.29, 0.717) is 5.69 Å². The number of halogens is 1. The molecule has 0 amide bonds. The Labute approximate surface area is 123 Å². The summed E-state index contributed by atoms with van der Waals surface area (Å²) in [6.07, 6.45) is 0. The van der Waals surface area contributed by atoms with Crippen molar-refractivity contribution in [3.63, 3.8) is 0 Å². The average molecular weight is 357 g/mol. The van der Waals surface area contributed by atoms with Crippen molar-refractivity contribution in [2.75, 3.05) is 4.72 Å². The fraction of sp³-hybridized carbons (Fsp3) is 0. The molecule has 2 aromatic carbocycles. The maximum atomic E-state index is 12.1. The van der Waals surface area contributed by atoms with Crippen LogP contribution in [0.25, 0.3) is 0 Å². The van der Waals surface area contributed by atoms with E-state index in [0.717, 1.165) is 16.6 Å². The number of nitrogens with zero attached hydrogens (tertiary/aromatic N) is 1. The van der Waals surface area contributed by atoms with Gasteiger partial charge in [0.2, 0.25) is 0 Å². The first-order valence-corrected chi connectivity index (χ1v) is 7.69. The molecule has 0 bridgehead atoms. The Morgan fingerprint density at radius 3 is 2.05 bits per heavy atom. The van der Waals surface area contributed by atoms with Gasteiger partial charge < -0.3 is 0 Å². The highest BCUT2D eigenvalue weighted by atomic mass is 79.9. The normalized spacial score (nSPS) is 11.1. The summed E-state index contributed by atoms with van der Waals surface area (Å²) >= 11 is 3.25. The maximum absolute atomic E-state index is 12.1. The summed E-state index contributed by atoms with van der Waals surface area (Å²) in [4.78, 5) is 9.90. The van der Waals surface area contributed by atoms with E-state index < -0.39 is 14.9 Å². The summed E-state index contributed by atoms with van der Waals surface area (Å²) in [5.74, 6) is 0. The molecule has 20 heavy (non-hydrogen) atoms. The van der Waals surface area contributed by atoms with Crippen LogP contribution < -0.4 is 4.72 Å². The quantitative estimate of drug-likeness (QED) is 0.672. The molecule has 8 heteroatoms. The lowest BCUT2D eigenvalue weighted by Crippen LogP contribution is -2.12. The predicted molar refractivity (Wildman–Crippen MR) is 78.0 cm³/mol. The van der Waals surface area contributed by atoms with Crippen molar-refractivity contribution in [3.05, 3.63) is 63.1 Å². The molecular formula is C12H9BrN2O4S. The van der Waals surface area contributed by atoms with E-state index in [-0.39, 0.29) is 10.6 Å². The van der Waals surface area contributed by atoms with Gasteiger partial charge in [-0.2, -0.15) is 0 Å². The van der Waals surface area contributed by atoms with Crippen LogP contribution in [-0.2, 0) is 10.0 Å². The first-order valence-electron chi connectivity index (χ1n) is 5.41. The average Bonchev–Trinajstić information content (AvgIpc) is 2.41. The summed E-state index contributed by atoms with van der Waals surface area (Å²) in [6, 6.07) is 11.3. The zero-order valence-electron chi connectivity index (χ0n) is 9.99. The zero-order chi connectivity index (χ0) is 14.8. The fourth-order valence-electron chi connectivity index (χ4n) is 1.48. The van der Waals surface area contributed by atoms with Gasteiger partial charge in [-0.05, 0) is 36.4 Å². The van der Waals surface area contributed by atoms with Gasteiger partial charge in [0.25, 0.3) is 15.7 Å². The van der Waals surface area contributed by atoms with Gasteiger partial charge in [-0.1, -0.05) is 15.9 Å². The van der Waals surface area contributed by atoms with E-state index in [1.807, 2.05) is 0 Å². The number of non-ortho nitro benzene ring substituents is 1. The van der Waals surface area contributed by atoms with Gasteiger partial charge in [0.05, 0.1) is 9.82 Å². The van der Waals surface area contributed by atoms with Crippen molar-refractivity contribution < 1.29 is 13.3 Å². The third-order valence-electron chi connectivity index (χ3n) is 2.45. The van der Waals surface area contributed by atoms with Gasteiger partial charge in [0.1, 0.15) is 0 Å². The second-order valence-corrected chi connectivity index (χ2v) is 6.46. The molecule has 0 saturated carbocycles. The molecule has 0 aliphatic heterocycles. The number of benzene rings is 2. The first-order chi connectivity index (χ1) is 9.38. The molecule has 0 aliphatic rings. The van der Waals surface area contributed by atoms with Crippen molar-refractivity contribution in [3.8, 4) is 0 Å². The molecule has 2 rings (SSSR count). The number of nitro groups is 1. The number of anilines is 1. The minimum Gasteiger partial charge on any atom is -0.280 e. The minimum absolute atomic E-state index is 0.0361. The van der Waals surface area contributed by atoms with Gasteiger partial charge in [-0.25, -0.2) is 8.42 Å². The fourth-order valence-corrected chi connectivity index (χ4v) is 2.80. The molecule has 1 N–H and O–H groups in total. The van der Waals surface area contributed by atoms with E-state index in [1.54, 1.807) is 24.3 Å². The van der Waals surface area contributed by atoms with E-state index in [9.17, 15) is 18.5 Å². The van der Waals surface area contributed by atoms with E-state index in [2.05, 4.69) is 20.7 Å². The number of nitrogens with one attached hydrogen (secondary N) is 1. The number of rotatable bonds is 4. The topological polar surface area (TPSA) is 89.3 Å². The standard InChI is InChI=1S/C12H9BrN2O4S/c13-9-1-3-10(4-2-9)14-20(18,19)12-7-5-11(6-8-12)15(16)17/h1-8,14H.